The molecule has 1 aromatic heterocycles. The quantitative estimate of drug-likeness (QED) is 0.829. The minimum absolute atomic E-state index is 0.113. The number of amides is 1. The monoisotopic (exact) mass is 277 g/mol. The number of rotatable bonds is 5. The molecule has 4 heteroatoms. The first kappa shape index (κ1) is 15.1. The predicted molar refractivity (Wildman–Crippen MR) is 80.3 cm³/mol. The van der Waals surface area contributed by atoms with Crippen molar-refractivity contribution < 1.29 is 4.79 Å². The van der Waals surface area contributed by atoms with Gasteiger partial charge >= 0.3 is 0 Å². The van der Waals surface area contributed by atoms with E-state index in [1.54, 1.807) is 0 Å². The van der Waals surface area contributed by atoms with E-state index in [4.69, 9.17) is 0 Å². The first-order valence-electron chi connectivity index (χ1n) is 7.76. The van der Waals surface area contributed by atoms with Gasteiger partial charge in [-0.3, -0.25) is 4.79 Å². The molecule has 0 aromatic carbocycles. The summed E-state index contributed by atoms with van der Waals surface area (Å²) >= 11 is 0. The Morgan fingerprint density at radius 3 is 2.60 bits per heavy atom. The standard InChI is InChI=1S/C16H27N3O/c1-12(2)10-19(11-13(3)4)16(20)14-5-7-18-8-6-17-15(18)9-14/h6,8,12-14H,5,7,9-11H2,1-4H3. The van der Waals surface area contributed by atoms with Crippen molar-refractivity contribution in [1.82, 2.24) is 14.5 Å². The lowest BCUT2D eigenvalue weighted by molar-refractivity contribution is -0.137. The van der Waals surface area contributed by atoms with Crippen molar-refractivity contribution in [1.29, 1.82) is 0 Å². The number of carbonyl (C=O) groups is 1. The lowest BCUT2D eigenvalue weighted by Crippen LogP contribution is -2.42. The minimum Gasteiger partial charge on any atom is -0.342 e. The van der Waals surface area contributed by atoms with Gasteiger partial charge in [-0.15, -0.1) is 0 Å². The van der Waals surface area contributed by atoms with Gasteiger partial charge in [0.15, 0.2) is 0 Å². The number of aryl methyl sites for hydroxylation is 1. The van der Waals surface area contributed by atoms with Crippen molar-refractivity contribution in [2.24, 2.45) is 17.8 Å². The van der Waals surface area contributed by atoms with E-state index in [2.05, 4.69) is 42.1 Å². The number of imidazole rings is 1. The molecule has 0 N–H and O–H groups in total. The molecule has 0 radical (unpaired) electrons. The Morgan fingerprint density at radius 1 is 1.35 bits per heavy atom. The fourth-order valence-corrected chi connectivity index (χ4v) is 2.96. The van der Waals surface area contributed by atoms with E-state index in [0.717, 1.165) is 38.3 Å². The van der Waals surface area contributed by atoms with Gasteiger partial charge in [0.1, 0.15) is 5.82 Å². The molecular formula is C16H27N3O. The molecule has 2 heterocycles. The third-order valence-corrected chi connectivity index (χ3v) is 3.78. The van der Waals surface area contributed by atoms with Crippen molar-refractivity contribution in [3.05, 3.63) is 18.2 Å². The van der Waals surface area contributed by atoms with Crippen LogP contribution in [0, 0.1) is 17.8 Å². The molecule has 1 aliphatic heterocycles. The van der Waals surface area contributed by atoms with Gasteiger partial charge in [0.05, 0.1) is 0 Å². The molecule has 1 atom stereocenters. The topological polar surface area (TPSA) is 38.1 Å². The number of nitrogens with zero attached hydrogens (tertiary/aromatic N) is 3. The highest BCUT2D eigenvalue weighted by Crippen LogP contribution is 2.22. The highest BCUT2D eigenvalue weighted by molar-refractivity contribution is 5.79. The van der Waals surface area contributed by atoms with Crippen LogP contribution in [0.25, 0.3) is 0 Å². The van der Waals surface area contributed by atoms with Crippen LogP contribution in [-0.4, -0.2) is 33.4 Å². The summed E-state index contributed by atoms with van der Waals surface area (Å²) in [7, 11) is 0. The van der Waals surface area contributed by atoms with E-state index < -0.39 is 0 Å². The van der Waals surface area contributed by atoms with Crippen molar-refractivity contribution in [2.75, 3.05) is 13.1 Å². The molecule has 0 saturated carbocycles. The summed E-state index contributed by atoms with van der Waals surface area (Å²) in [5.41, 5.74) is 0. The van der Waals surface area contributed by atoms with Crippen LogP contribution in [0.3, 0.4) is 0 Å². The van der Waals surface area contributed by atoms with E-state index in [9.17, 15) is 4.79 Å². The van der Waals surface area contributed by atoms with E-state index in [0.29, 0.717) is 17.7 Å². The van der Waals surface area contributed by atoms with Gasteiger partial charge < -0.3 is 9.47 Å². The molecule has 4 nitrogen and oxygen atoms in total. The summed E-state index contributed by atoms with van der Waals surface area (Å²) in [6, 6.07) is 0. The van der Waals surface area contributed by atoms with Gasteiger partial charge in [-0.25, -0.2) is 4.98 Å². The molecule has 1 amide bonds. The molecular weight excluding hydrogens is 250 g/mol. The molecule has 0 aliphatic carbocycles. The van der Waals surface area contributed by atoms with E-state index in [1.807, 2.05) is 12.4 Å². The molecule has 1 aliphatic rings. The highest BCUT2D eigenvalue weighted by atomic mass is 16.2. The normalized spacial score (nSPS) is 18.4. The molecule has 20 heavy (non-hydrogen) atoms. The van der Waals surface area contributed by atoms with Gasteiger partial charge in [-0.2, -0.15) is 0 Å². The average molecular weight is 277 g/mol. The fraction of sp³-hybridized carbons (Fsp3) is 0.750. The van der Waals surface area contributed by atoms with Gasteiger partial charge in [0.2, 0.25) is 5.91 Å². The average Bonchev–Trinajstić information content (AvgIpc) is 2.83. The largest absolute Gasteiger partial charge is 0.342 e. The van der Waals surface area contributed by atoms with Crippen LogP contribution in [0.5, 0.6) is 0 Å². The minimum atomic E-state index is 0.113. The van der Waals surface area contributed by atoms with E-state index in [1.165, 1.54) is 0 Å². The number of aromatic nitrogens is 2. The zero-order valence-electron chi connectivity index (χ0n) is 13.2. The van der Waals surface area contributed by atoms with Crippen molar-refractivity contribution >= 4 is 5.91 Å². The molecule has 1 aromatic rings. The van der Waals surface area contributed by atoms with Crippen LogP contribution >= 0.6 is 0 Å². The van der Waals surface area contributed by atoms with Crippen LogP contribution in [0.15, 0.2) is 12.4 Å². The van der Waals surface area contributed by atoms with Gasteiger partial charge in [-0.05, 0) is 18.3 Å². The van der Waals surface area contributed by atoms with Crippen molar-refractivity contribution in [3.8, 4) is 0 Å². The third-order valence-electron chi connectivity index (χ3n) is 3.78. The summed E-state index contributed by atoms with van der Waals surface area (Å²) in [6.45, 7) is 11.3. The highest BCUT2D eigenvalue weighted by Gasteiger charge is 2.29. The van der Waals surface area contributed by atoms with Crippen LogP contribution < -0.4 is 0 Å². The summed E-state index contributed by atoms with van der Waals surface area (Å²) < 4.78 is 2.17. The summed E-state index contributed by atoms with van der Waals surface area (Å²) in [5, 5.41) is 0. The maximum absolute atomic E-state index is 12.8. The summed E-state index contributed by atoms with van der Waals surface area (Å²) in [6.07, 6.45) is 5.58. The molecule has 0 fully saturated rings. The Morgan fingerprint density at radius 2 is 2.00 bits per heavy atom. The van der Waals surface area contributed by atoms with Gasteiger partial charge in [0.25, 0.3) is 0 Å². The predicted octanol–water partition coefficient (Wildman–Crippen LogP) is 2.59. The molecule has 0 saturated heterocycles. The fourth-order valence-electron chi connectivity index (χ4n) is 2.96. The van der Waals surface area contributed by atoms with Crippen LogP contribution in [0.1, 0.15) is 39.9 Å². The lowest BCUT2D eigenvalue weighted by Gasteiger charge is -2.32. The van der Waals surface area contributed by atoms with E-state index >= 15 is 0 Å². The second-order valence-corrected chi connectivity index (χ2v) is 6.76. The van der Waals surface area contributed by atoms with Crippen LogP contribution in [-0.2, 0) is 17.8 Å². The van der Waals surface area contributed by atoms with Gasteiger partial charge in [-0.1, -0.05) is 27.7 Å². The first-order chi connectivity index (χ1) is 9.47. The molecule has 0 spiro atoms. The third kappa shape index (κ3) is 3.62. The van der Waals surface area contributed by atoms with Crippen LogP contribution in [0.4, 0.5) is 0 Å². The Bertz CT molecular complexity index is 440. The van der Waals surface area contributed by atoms with E-state index in [-0.39, 0.29) is 5.92 Å². The number of hydrogen-bond acceptors (Lipinski definition) is 2. The Balaban J connectivity index is 2.04. The molecule has 2 rings (SSSR count). The molecule has 112 valence electrons. The SMILES string of the molecule is CC(C)CN(CC(C)C)C(=O)C1CCn2ccnc2C1. The second-order valence-electron chi connectivity index (χ2n) is 6.76. The number of carbonyl (C=O) groups excluding carboxylic acids is 1. The van der Waals surface area contributed by atoms with Crippen molar-refractivity contribution in [2.45, 2.75) is 47.1 Å². The molecule has 0 bridgehead atoms. The Hall–Kier alpha value is -1.32. The second kappa shape index (κ2) is 6.42. The van der Waals surface area contributed by atoms with Crippen molar-refractivity contribution in [3.63, 3.8) is 0 Å². The zero-order valence-corrected chi connectivity index (χ0v) is 13.2. The van der Waals surface area contributed by atoms with Crippen LogP contribution in [0.2, 0.25) is 0 Å². The summed E-state index contributed by atoms with van der Waals surface area (Å²) in [4.78, 5) is 19.2. The Labute approximate surface area is 122 Å². The summed E-state index contributed by atoms with van der Waals surface area (Å²) in [5.74, 6) is 2.53. The lowest BCUT2D eigenvalue weighted by atomic mass is 9.95. The zero-order chi connectivity index (χ0) is 14.7. The maximum Gasteiger partial charge on any atom is 0.226 e. The first-order valence-corrected chi connectivity index (χ1v) is 7.76. The number of hydrogen-bond donors (Lipinski definition) is 0. The number of fused-ring (bicyclic) bond motifs is 1. The molecule has 1 unspecified atom stereocenters. The maximum atomic E-state index is 12.8. The smallest absolute Gasteiger partial charge is 0.226 e. The Kier molecular flexibility index (Phi) is 4.84. The van der Waals surface area contributed by atoms with Gasteiger partial charge in [0, 0.05) is 44.4 Å².